The Morgan fingerprint density at radius 2 is 1.88 bits per heavy atom. The molecule has 0 aliphatic heterocycles. The number of halogens is 1. The summed E-state index contributed by atoms with van der Waals surface area (Å²) in [4.78, 5) is 4.22. The summed E-state index contributed by atoms with van der Waals surface area (Å²) in [5.74, 6) is 1.86. The predicted octanol–water partition coefficient (Wildman–Crippen LogP) is 3.01. The highest BCUT2D eigenvalue weighted by atomic mass is 127. The number of aliphatic imine (C=N–C) groups is 1. The van der Waals surface area contributed by atoms with Gasteiger partial charge in [0.25, 0.3) is 0 Å². The first-order valence-corrected chi connectivity index (χ1v) is 6.46. The second-order valence-electron chi connectivity index (χ2n) is 5.99. The van der Waals surface area contributed by atoms with Crippen molar-refractivity contribution in [3.8, 4) is 0 Å². The quantitative estimate of drug-likeness (QED) is 0.345. The Kier molecular flexibility index (Phi) is 8.16. The summed E-state index contributed by atoms with van der Waals surface area (Å²) in [5, 5.41) is 6.73. The molecule has 0 aromatic carbocycles. The Morgan fingerprint density at radius 1 is 1.24 bits per heavy atom. The topological polar surface area (TPSA) is 36.4 Å². The molecule has 3 nitrogen and oxygen atoms in total. The van der Waals surface area contributed by atoms with Gasteiger partial charge in [-0.2, -0.15) is 0 Å². The minimum atomic E-state index is 0. The van der Waals surface area contributed by atoms with Crippen molar-refractivity contribution < 1.29 is 0 Å². The number of guanidine groups is 1. The molecule has 102 valence electrons. The third-order valence-electron chi connectivity index (χ3n) is 2.87. The molecule has 2 N–H and O–H groups in total. The maximum atomic E-state index is 4.22. The van der Waals surface area contributed by atoms with E-state index in [0.29, 0.717) is 5.41 Å². The first-order valence-electron chi connectivity index (χ1n) is 6.46. The van der Waals surface area contributed by atoms with Gasteiger partial charge in [0, 0.05) is 20.1 Å². The lowest BCUT2D eigenvalue weighted by molar-refractivity contribution is 0.365. The molecule has 1 aliphatic carbocycles. The third-order valence-corrected chi connectivity index (χ3v) is 2.87. The summed E-state index contributed by atoms with van der Waals surface area (Å²) >= 11 is 0. The van der Waals surface area contributed by atoms with Gasteiger partial charge in [-0.25, -0.2) is 0 Å². The molecule has 0 saturated heterocycles. The lowest BCUT2D eigenvalue weighted by Gasteiger charge is -2.18. The average molecular weight is 353 g/mol. The van der Waals surface area contributed by atoms with Crippen molar-refractivity contribution in [1.82, 2.24) is 10.6 Å². The van der Waals surface area contributed by atoms with E-state index in [1.807, 2.05) is 7.05 Å². The Balaban J connectivity index is 0.00000256. The van der Waals surface area contributed by atoms with Crippen LogP contribution < -0.4 is 10.6 Å². The number of hydrogen-bond donors (Lipinski definition) is 2. The normalized spacial score (nSPS) is 16.4. The van der Waals surface area contributed by atoms with E-state index < -0.39 is 0 Å². The van der Waals surface area contributed by atoms with Gasteiger partial charge in [-0.1, -0.05) is 20.8 Å². The van der Waals surface area contributed by atoms with Gasteiger partial charge in [0.05, 0.1) is 0 Å². The minimum absolute atomic E-state index is 0. The van der Waals surface area contributed by atoms with Crippen LogP contribution in [0.5, 0.6) is 0 Å². The van der Waals surface area contributed by atoms with Crippen LogP contribution in [0, 0.1) is 11.3 Å². The van der Waals surface area contributed by atoms with Gasteiger partial charge >= 0.3 is 0 Å². The molecule has 0 spiro atoms. The molecule has 4 heteroatoms. The Labute approximate surface area is 123 Å². The highest BCUT2D eigenvalue weighted by Crippen LogP contribution is 2.27. The van der Waals surface area contributed by atoms with Crippen molar-refractivity contribution >= 4 is 29.9 Å². The number of hydrogen-bond acceptors (Lipinski definition) is 1. The molecule has 1 aliphatic rings. The molecule has 0 aromatic heterocycles. The third kappa shape index (κ3) is 9.68. The number of nitrogens with one attached hydrogen (secondary N) is 2. The van der Waals surface area contributed by atoms with Crippen LogP contribution in [0.15, 0.2) is 4.99 Å². The van der Waals surface area contributed by atoms with Crippen LogP contribution in [-0.4, -0.2) is 26.1 Å². The smallest absolute Gasteiger partial charge is 0.190 e. The van der Waals surface area contributed by atoms with Crippen LogP contribution in [0.1, 0.15) is 46.5 Å². The second kappa shape index (κ2) is 8.16. The lowest BCUT2D eigenvalue weighted by Crippen LogP contribution is -2.38. The zero-order valence-electron chi connectivity index (χ0n) is 11.7. The molecule has 0 atom stereocenters. The largest absolute Gasteiger partial charge is 0.356 e. The van der Waals surface area contributed by atoms with Crippen molar-refractivity contribution in [3.05, 3.63) is 0 Å². The summed E-state index contributed by atoms with van der Waals surface area (Å²) in [6.07, 6.45) is 5.22. The van der Waals surface area contributed by atoms with Crippen molar-refractivity contribution in [2.75, 3.05) is 20.1 Å². The summed E-state index contributed by atoms with van der Waals surface area (Å²) in [6.45, 7) is 8.95. The fourth-order valence-electron chi connectivity index (χ4n) is 1.61. The number of nitrogens with zero attached hydrogens (tertiary/aromatic N) is 1. The van der Waals surface area contributed by atoms with E-state index in [2.05, 4.69) is 36.4 Å². The Bertz CT molecular complexity index is 229. The lowest BCUT2D eigenvalue weighted by atomic mass is 9.91. The molecular weight excluding hydrogens is 325 g/mol. The molecule has 0 aromatic rings. The summed E-state index contributed by atoms with van der Waals surface area (Å²) in [5.41, 5.74) is 0.437. The van der Waals surface area contributed by atoms with E-state index in [4.69, 9.17) is 0 Å². The van der Waals surface area contributed by atoms with Gasteiger partial charge in [0.2, 0.25) is 0 Å². The first kappa shape index (κ1) is 17.0. The fourth-order valence-corrected chi connectivity index (χ4v) is 1.61. The van der Waals surface area contributed by atoms with E-state index >= 15 is 0 Å². The van der Waals surface area contributed by atoms with Crippen LogP contribution in [0.4, 0.5) is 0 Å². The van der Waals surface area contributed by atoms with Gasteiger partial charge in [-0.3, -0.25) is 4.99 Å². The fraction of sp³-hybridized carbons (Fsp3) is 0.923. The highest BCUT2D eigenvalue weighted by molar-refractivity contribution is 14.0. The van der Waals surface area contributed by atoms with Gasteiger partial charge in [-0.15, -0.1) is 24.0 Å². The van der Waals surface area contributed by atoms with Gasteiger partial charge < -0.3 is 10.6 Å². The second-order valence-corrected chi connectivity index (χ2v) is 5.99. The minimum Gasteiger partial charge on any atom is -0.356 e. The van der Waals surface area contributed by atoms with Crippen molar-refractivity contribution in [2.24, 2.45) is 16.3 Å². The van der Waals surface area contributed by atoms with E-state index in [0.717, 1.165) is 25.0 Å². The van der Waals surface area contributed by atoms with Crippen LogP contribution in [0.2, 0.25) is 0 Å². The molecule has 1 fully saturated rings. The summed E-state index contributed by atoms with van der Waals surface area (Å²) in [6, 6.07) is 0. The van der Waals surface area contributed by atoms with Crippen LogP contribution in [-0.2, 0) is 0 Å². The summed E-state index contributed by atoms with van der Waals surface area (Å²) < 4.78 is 0. The highest BCUT2D eigenvalue weighted by Gasteiger charge is 2.20. The standard InChI is InChI=1S/C13H27N3.HI/c1-13(2,3)8-5-9-15-12(14-4)16-10-11-6-7-11;/h11H,5-10H2,1-4H3,(H2,14,15,16);1H. The Hall–Kier alpha value is 0. The average Bonchev–Trinajstić information content (AvgIpc) is 2.99. The van der Waals surface area contributed by atoms with Crippen molar-refractivity contribution in [2.45, 2.75) is 46.5 Å². The van der Waals surface area contributed by atoms with E-state index in [1.165, 1.54) is 25.7 Å². The Morgan fingerprint density at radius 3 is 2.35 bits per heavy atom. The van der Waals surface area contributed by atoms with Gasteiger partial charge in [0.1, 0.15) is 0 Å². The van der Waals surface area contributed by atoms with Crippen LogP contribution in [0.25, 0.3) is 0 Å². The zero-order valence-corrected chi connectivity index (χ0v) is 14.0. The van der Waals surface area contributed by atoms with Crippen molar-refractivity contribution in [3.63, 3.8) is 0 Å². The molecular formula is C13H28IN3. The molecule has 1 saturated carbocycles. The first-order chi connectivity index (χ1) is 7.51. The van der Waals surface area contributed by atoms with Crippen LogP contribution in [0.3, 0.4) is 0 Å². The predicted molar refractivity (Wildman–Crippen MR) is 86.2 cm³/mol. The molecule has 0 bridgehead atoms. The van der Waals surface area contributed by atoms with Crippen LogP contribution >= 0.6 is 24.0 Å². The number of rotatable bonds is 5. The maximum absolute atomic E-state index is 4.22. The van der Waals surface area contributed by atoms with Gasteiger partial charge in [0.15, 0.2) is 5.96 Å². The monoisotopic (exact) mass is 353 g/mol. The maximum Gasteiger partial charge on any atom is 0.190 e. The van der Waals surface area contributed by atoms with E-state index in [-0.39, 0.29) is 24.0 Å². The summed E-state index contributed by atoms with van der Waals surface area (Å²) in [7, 11) is 1.84. The molecule has 1 rings (SSSR count). The SMILES string of the molecule is CN=C(NCCCC(C)(C)C)NCC1CC1.I. The zero-order chi connectivity index (χ0) is 12.0. The molecule has 0 heterocycles. The molecule has 17 heavy (non-hydrogen) atoms. The van der Waals surface area contributed by atoms with E-state index in [1.54, 1.807) is 0 Å². The molecule has 0 amide bonds. The molecule has 0 unspecified atom stereocenters. The van der Waals surface area contributed by atoms with E-state index in [9.17, 15) is 0 Å². The molecule has 0 radical (unpaired) electrons. The van der Waals surface area contributed by atoms with Gasteiger partial charge in [-0.05, 0) is 37.0 Å². The van der Waals surface area contributed by atoms with Crippen molar-refractivity contribution in [1.29, 1.82) is 0 Å².